The first-order chi connectivity index (χ1) is 12.8. The fraction of sp³-hybridized carbons (Fsp3) is 0.368. The third-order valence-electron chi connectivity index (χ3n) is 4.55. The third-order valence-corrected chi connectivity index (χ3v) is 6.43. The first kappa shape index (κ1) is 20.3. The Bertz CT molecular complexity index is 899. The molecule has 1 amide bonds. The summed E-state index contributed by atoms with van der Waals surface area (Å²) in [6, 6.07) is 9.45. The molecule has 1 heterocycles. The van der Waals surface area contributed by atoms with E-state index in [2.05, 4.69) is 16.7 Å². The Morgan fingerprint density at radius 1 is 1.26 bits per heavy atom. The predicted molar refractivity (Wildman–Crippen MR) is 112 cm³/mol. The molecule has 1 unspecified atom stereocenters. The lowest BCUT2D eigenvalue weighted by atomic mass is 9.96. The molecule has 8 heteroatoms. The van der Waals surface area contributed by atoms with Crippen molar-refractivity contribution in [1.82, 2.24) is 5.32 Å². The summed E-state index contributed by atoms with van der Waals surface area (Å²) in [5.74, 6) is -0.350. The van der Waals surface area contributed by atoms with Gasteiger partial charge >= 0.3 is 0 Å². The van der Waals surface area contributed by atoms with E-state index in [9.17, 15) is 10.1 Å². The topological polar surface area (TPSA) is 64.9 Å². The number of benzene rings is 1. The number of carbonyl (C=O) groups excluding carboxylic acids is 1. The summed E-state index contributed by atoms with van der Waals surface area (Å²) < 4.78 is -1.80. The van der Waals surface area contributed by atoms with Crippen LogP contribution in [0, 0.1) is 18.3 Å². The highest BCUT2D eigenvalue weighted by molar-refractivity contribution is 7.16. The second-order valence-electron chi connectivity index (χ2n) is 6.43. The van der Waals surface area contributed by atoms with Gasteiger partial charge in [0, 0.05) is 10.4 Å². The molecule has 0 fully saturated rings. The normalized spacial score (nSPS) is 14.8. The van der Waals surface area contributed by atoms with Crippen molar-refractivity contribution in [2.75, 3.05) is 5.32 Å². The summed E-state index contributed by atoms with van der Waals surface area (Å²) >= 11 is 19.9. The molecular formula is C19H18Cl3N3OS. The number of carbonyl (C=O) groups is 1. The molecule has 0 radical (unpaired) electrons. The van der Waals surface area contributed by atoms with Gasteiger partial charge in [0.05, 0.1) is 5.56 Å². The average Bonchev–Trinajstić information content (AvgIpc) is 2.97. The zero-order chi connectivity index (χ0) is 19.6. The van der Waals surface area contributed by atoms with Crippen molar-refractivity contribution < 1.29 is 4.79 Å². The Balaban J connectivity index is 1.87. The van der Waals surface area contributed by atoms with E-state index < -0.39 is 9.96 Å². The number of thiophene rings is 1. The second kappa shape index (κ2) is 8.28. The van der Waals surface area contributed by atoms with Crippen molar-refractivity contribution in [2.45, 2.75) is 42.6 Å². The Labute approximate surface area is 177 Å². The molecular weight excluding hydrogens is 425 g/mol. The van der Waals surface area contributed by atoms with Gasteiger partial charge in [0.1, 0.15) is 17.2 Å². The molecule has 1 atom stereocenters. The summed E-state index contributed by atoms with van der Waals surface area (Å²) in [4.78, 5) is 13.9. The molecule has 0 aliphatic heterocycles. The molecule has 27 heavy (non-hydrogen) atoms. The number of nitrogens with one attached hydrogen (secondary N) is 2. The zero-order valence-electron chi connectivity index (χ0n) is 14.6. The lowest BCUT2D eigenvalue weighted by molar-refractivity contribution is 0.0941. The van der Waals surface area contributed by atoms with Gasteiger partial charge in [-0.1, -0.05) is 53.0 Å². The number of halogens is 3. The van der Waals surface area contributed by atoms with Gasteiger partial charge < -0.3 is 10.6 Å². The number of hydrogen-bond donors (Lipinski definition) is 2. The smallest absolute Gasteiger partial charge is 0.253 e. The number of anilines is 1. The quantitative estimate of drug-likeness (QED) is 0.496. The maximum Gasteiger partial charge on any atom is 0.253 e. The van der Waals surface area contributed by atoms with Gasteiger partial charge in [0.15, 0.2) is 0 Å². The lowest BCUT2D eigenvalue weighted by Crippen LogP contribution is -2.49. The zero-order valence-corrected chi connectivity index (χ0v) is 17.7. The van der Waals surface area contributed by atoms with Crippen LogP contribution < -0.4 is 10.6 Å². The highest BCUT2D eigenvalue weighted by Crippen LogP contribution is 2.40. The van der Waals surface area contributed by atoms with E-state index in [1.54, 1.807) is 12.1 Å². The predicted octanol–water partition coefficient (Wildman–Crippen LogP) is 5.35. The first-order valence-corrected chi connectivity index (χ1v) is 10.5. The second-order valence-corrected chi connectivity index (χ2v) is 9.91. The molecule has 1 aliphatic carbocycles. The van der Waals surface area contributed by atoms with Crippen molar-refractivity contribution in [3.05, 3.63) is 51.4 Å². The number of hydrogen-bond acceptors (Lipinski definition) is 4. The van der Waals surface area contributed by atoms with Crippen LogP contribution in [0.3, 0.4) is 0 Å². The van der Waals surface area contributed by atoms with Gasteiger partial charge in [0.25, 0.3) is 5.91 Å². The van der Waals surface area contributed by atoms with Crippen molar-refractivity contribution in [3.8, 4) is 6.07 Å². The van der Waals surface area contributed by atoms with Crippen LogP contribution in [0.5, 0.6) is 0 Å². The van der Waals surface area contributed by atoms with E-state index >= 15 is 0 Å². The van der Waals surface area contributed by atoms with Gasteiger partial charge in [-0.25, -0.2) is 0 Å². The SMILES string of the molecule is Cc1ccccc1C(=O)NC(Nc1sc2c(c1C#N)CCCC2)C(Cl)(Cl)Cl. The summed E-state index contributed by atoms with van der Waals surface area (Å²) in [5.41, 5.74) is 2.98. The van der Waals surface area contributed by atoms with Crippen LogP contribution in [0.2, 0.25) is 0 Å². The number of nitriles is 1. The van der Waals surface area contributed by atoms with Crippen molar-refractivity contribution in [2.24, 2.45) is 0 Å². The largest absolute Gasteiger partial charge is 0.352 e. The average molecular weight is 443 g/mol. The summed E-state index contributed by atoms with van der Waals surface area (Å²) in [7, 11) is 0. The molecule has 1 aliphatic rings. The molecule has 1 aromatic carbocycles. The molecule has 3 rings (SSSR count). The summed E-state index contributed by atoms with van der Waals surface area (Å²) in [5, 5.41) is 16.1. The van der Waals surface area contributed by atoms with Gasteiger partial charge in [-0.05, 0) is 49.8 Å². The van der Waals surface area contributed by atoms with E-state index in [-0.39, 0.29) is 5.91 Å². The molecule has 0 saturated heterocycles. The number of alkyl halides is 3. The first-order valence-electron chi connectivity index (χ1n) is 8.55. The number of amides is 1. The standard InChI is InChI=1S/C19H18Cl3N3OS/c1-11-6-2-3-7-12(11)16(26)24-18(19(20,21)22)25-17-14(10-23)13-8-4-5-9-15(13)27-17/h2-3,6-7,18,25H,4-5,8-9H2,1H3,(H,24,26). The summed E-state index contributed by atoms with van der Waals surface area (Å²) in [6.45, 7) is 1.84. The van der Waals surface area contributed by atoms with Crippen molar-refractivity contribution >= 4 is 57.0 Å². The summed E-state index contributed by atoms with van der Waals surface area (Å²) in [6.07, 6.45) is 3.02. The van der Waals surface area contributed by atoms with E-state index in [0.717, 1.165) is 36.8 Å². The Morgan fingerprint density at radius 2 is 1.96 bits per heavy atom. The minimum atomic E-state index is -1.80. The molecule has 0 bridgehead atoms. The number of rotatable bonds is 4. The highest BCUT2D eigenvalue weighted by atomic mass is 35.6. The van der Waals surface area contributed by atoms with Crippen LogP contribution >= 0.6 is 46.1 Å². The minimum absolute atomic E-state index is 0.350. The maximum absolute atomic E-state index is 12.7. The van der Waals surface area contributed by atoms with E-state index in [1.807, 2.05) is 19.1 Å². The molecule has 142 valence electrons. The van der Waals surface area contributed by atoms with Crippen LogP contribution in [0.4, 0.5) is 5.00 Å². The van der Waals surface area contributed by atoms with Crippen LogP contribution in [0.25, 0.3) is 0 Å². The van der Waals surface area contributed by atoms with Crippen LogP contribution in [0.15, 0.2) is 24.3 Å². The van der Waals surface area contributed by atoms with Gasteiger partial charge in [0.2, 0.25) is 3.79 Å². The van der Waals surface area contributed by atoms with Gasteiger partial charge in [-0.15, -0.1) is 11.3 Å². The van der Waals surface area contributed by atoms with Crippen molar-refractivity contribution in [3.63, 3.8) is 0 Å². The molecule has 0 saturated carbocycles. The van der Waals surface area contributed by atoms with E-state index in [4.69, 9.17) is 34.8 Å². The molecule has 0 spiro atoms. The van der Waals surface area contributed by atoms with E-state index in [1.165, 1.54) is 16.2 Å². The van der Waals surface area contributed by atoms with Crippen LogP contribution in [0.1, 0.15) is 44.8 Å². The van der Waals surface area contributed by atoms with Gasteiger partial charge in [-0.2, -0.15) is 5.26 Å². The third kappa shape index (κ3) is 4.52. The fourth-order valence-electron chi connectivity index (χ4n) is 3.15. The van der Waals surface area contributed by atoms with Crippen LogP contribution in [-0.4, -0.2) is 15.9 Å². The molecule has 2 N–H and O–H groups in total. The Hall–Kier alpha value is -1.45. The monoisotopic (exact) mass is 441 g/mol. The number of aryl methyl sites for hydroxylation is 2. The molecule has 1 aromatic heterocycles. The minimum Gasteiger partial charge on any atom is -0.352 e. The molecule has 4 nitrogen and oxygen atoms in total. The molecule has 2 aromatic rings. The number of fused-ring (bicyclic) bond motifs is 1. The van der Waals surface area contributed by atoms with Crippen LogP contribution in [-0.2, 0) is 12.8 Å². The Kier molecular flexibility index (Phi) is 6.22. The maximum atomic E-state index is 12.7. The number of nitrogens with zero attached hydrogens (tertiary/aromatic N) is 1. The lowest BCUT2D eigenvalue weighted by Gasteiger charge is -2.27. The Morgan fingerprint density at radius 3 is 2.63 bits per heavy atom. The highest BCUT2D eigenvalue weighted by Gasteiger charge is 2.36. The van der Waals surface area contributed by atoms with Gasteiger partial charge in [-0.3, -0.25) is 4.79 Å². The van der Waals surface area contributed by atoms with E-state index in [0.29, 0.717) is 16.1 Å². The van der Waals surface area contributed by atoms with Crippen molar-refractivity contribution in [1.29, 1.82) is 5.26 Å². The fourth-order valence-corrected chi connectivity index (χ4v) is 4.75.